The normalized spacial score (nSPS) is 11.2. The Morgan fingerprint density at radius 1 is 1.36 bits per heavy atom. The fraction of sp³-hybridized carbons (Fsp3) is 0.389. The van der Waals surface area contributed by atoms with Crippen LogP contribution in [0.15, 0.2) is 29.1 Å². The van der Waals surface area contributed by atoms with Crippen LogP contribution in [0, 0.1) is 12.8 Å². The second-order valence-corrected chi connectivity index (χ2v) is 7.33. The van der Waals surface area contributed by atoms with Crippen LogP contribution >= 0.6 is 11.3 Å². The van der Waals surface area contributed by atoms with E-state index in [1.165, 1.54) is 17.7 Å². The molecule has 3 rings (SSSR count). The zero-order valence-corrected chi connectivity index (χ0v) is 15.4. The number of carbonyl (C=O) groups is 1. The molecule has 25 heavy (non-hydrogen) atoms. The van der Waals surface area contributed by atoms with Crippen molar-refractivity contribution in [3.63, 3.8) is 0 Å². The predicted octanol–water partition coefficient (Wildman–Crippen LogP) is 3.98. The molecule has 0 unspecified atom stereocenters. The Hall–Kier alpha value is -2.41. The number of hydrogen-bond donors (Lipinski definition) is 2. The molecule has 0 aliphatic carbocycles. The van der Waals surface area contributed by atoms with Crippen molar-refractivity contribution in [1.82, 2.24) is 15.3 Å². The van der Waals surface area contributed by atoms with E-state index < -0.39 is 0 Å². The third-order valence-corrected chi connectivity index (χ3v) is 5.15. The fourth-order valence-corrected chi connectivity index (χ4v) is 3.63. The van der Waals surface area contributed by atoms with Crippen LogP contribution in [0.2, 0.25) is 0 Å². The van der Waals surface area contributed by atoms with Gasteiger partial charge >= 0.3 is 0 Å². The Morgan fingerprint density at radius 3 is 2.92 bits per heavy atom. The summed E-state index contributed by atoms with van der Waals surface area (Å²) in [5.41, 5.74) is 0.907. The van der Waals surface area contributed by atoms with E-state index in [-0.39, 0.29) is 5.91 Å². The first kappa shape index (κ1) is 17.4. The van der Waals surface area contributed by atoms with Gasteiger partial charge < -0.3 is 15.1 Å². The second kappa shape index (κ2) is 7.65. The molecule has 132 valence electrons. The zero-order chi connectivity index (χ0) is 17.8. The van der Waals surface area contributed by atoms with E-state index in [0.717, 1.165) is 33.8 Å². The number of hydrogen-bond acceptors (Lipinski definition) is 6. The van der Waals surface area contributed by atoms with Gasteiger partial charge in [0.15, 0.2) is 0 Å². The predicted molar refractivity (Wildman–Crippen MR) is 100.0 cm³/mol. The van der Waals surface area contributed by atoms with E-state index >= 15 is 0 Å². The maximum atomic E-state index is 12.5. The summed E-state index contributed by atoms with van der Waals surface area (Å²) in [5.74, 6) is 2.06. The molecule has 0 atom stereocenters. The molecule has 0 spiro atoms. The van der Waals surface area contributed by atoms with Gasteiger partial charge in [0.25, 0.3) is 5.91 Å². The summed E-state index contributed by atoms with van der Waals surface area (Å²) in [5, 5.41) is 7.16. The van der Waals surface area contributed by atoms with Gasteiger partial charge in [0.1, 0.15) is 22.7 Å². The van der Waals surface area contributed by atoms with Crippen LogP contribution < -0.4 is 10.6 Å². The van der Waals surface area contributed by atoms with E-state index in [4.69, 9.17) is 4.42 Å². The topological polar surface area (TPSA) is 80.0 Å². The Morgan fingerprint density at radius 2 is 2.20 bits per heavy atom. The zero-order valence-electron chi connectivity index (χ0n) is 14.6. The first-order valence-corrected chi connectivity index (χ1v) is 9.16. The fourth-order valence-electron chi connectivity index (χ4n) is 2.56. The molecule has 7 heteroatoms. The van der Waals surface area contributed by atoms with Crippen molar-refractivity contribution in [1.29, 1.82) is 0 Å². The summed E-state index contributed by atoms with van der Waals surface area (Å²) in [6.45, 7) is 7.44. The van der Waals surface area contributed by atoms with Crippen LogP contribution in [0.3, 0.4) is 0 Å². The number of aryl methyl sites for hydroxylation is 1. The lowest BCUT2D eigenvalue weighted by atomic mass is 10.1. The number of nitrogens with one attached hydrogen (secondary N) is 2. The van der Waals surface area contributed by atoms with Crippen molar-refractivity contribution in [3.8, 4) is 0 Å². The van der Waals surface area contributed by atoms with Crippen LogP contribution in [-0.2, 0) is 6.54 Å². The van der Waals surface area contributed by atoms with Gasteiger partial charge in [-0.05, 0) is 37.0 Å². The van der Waals surface area contributed by atoms with E-state index in [1.54, 1.807) is 6.26 Å². The average molecular weight is 358 g/mol. The van der Waals surface area contributed by atoms with Crippen LogP contribution in [0.5, 0.6) is 0 Å². The molecular weight excluding hydrogens is 336 g/mol. The molecule has 2 N–H and O–H groups in total. The van der Waals surface area contributed by atoms with Gasteiger partial charge in [-0.2, -0.15) is 0 Å². The highest BCUT2D eigenvalue weighted by atomic mass is 32.1. The van der Waals surface area contributed by atoms with Crippen LogP contribution in [-0.4, -0.2) is 22.4 Å². The van der Waals surface area contributed by atoms with E-state index in [1.807, 2.05) is 19.1 Å². The Kier molecular flexibility index (Phi) is 5.33. The Balaban J connectivity index is 1.81. The number of aromatic nitrogens is 2. The quantitative estimate of drug-likeness (QED) is 0.668. The molecule has 0 aromatic carbocycles. The van der Waals surface area contributed by atoms with Crippen molar-refractivity contribution >= 4 is 33.3 Å². The van der Waals surface area contributed by atoms with Crippen LogP contribution in [0.4, 0.5) is 5.82 Å². The highest BCUT2D eigenvalue weighted by Crippen LogP contribution is 2.33. The molecule has 0 fully saturated rings. The number of amides is 1. The van der Waals surface area contributed by atoms with E-state index in [0.29, 0.717) is 23.9 Å². The van der Waals surface area contributed by atoms with Gasteiger partial charge in [0, 0.05) is 6.54 Å². The summed E-state index contributed by atoms with van der Waals surface area (Å²) in [6.07, 6.45) is 4.12. The minimum Gasteiger partial charge on any atom is -0.467 e. The van der Waals surface area contributed by atoms with Gasteiger partial charge in [-0.1, -0.05) is 13.8 Å². The van der Waals surface area contributed by atoms with Crippen LogP contribution in [0.1, 0.15) is 41.3 Å². The highest BCUT2D eigenvalue weighted by molar-refractivity contribution is 7.20. The summed E-state index contributed by atoms with van der Waals surface area (Å²) in [4.78, 5) is 22.7. The first-order valence-electron chi connectivity index (χ1n) is 8.34. The highest BCUT2D eigenvalue weighted by Gasteiger charge is 2.19. The second-order valence-electron chi connectivity index (χ2n) is 6.33. The molecule has 0 bridgehead atoms. The first-order chi connectivity index (χ1) is 12.1. The third-order valence-electron chi connectivity index (χ3n) is 3.95. The minimum absolute atomic E-state index is 0.0434. The Labute approximate surface area is 150 Å². The van der Waals surface area contributed by atoms with Crippen molar-refractivity contribution in [3.05, 3.63) is 40.9 Å². The number of fused-ring (bicyclic) bond motifs is 1. The lowest BCUT2D eigenvalue weighted by Crippen LogP contribution is -2.25. The van der Waals surface area contributed by atoms with E-state index in [9.17, 15) is 4.79 Å². The lowest BCUT2D eigenvalue weighted by molar-refractivity contribution is 0.0955. The maximum Gasteiger partial charge on any atom is 0.261 e. The molecule has 3 aromatic heterocycles. The molecule has 1 amide bonds. The third kappa shape index (κ3) is 3.99. The van der Waals surface area contributed by atoms with Gasteiger partial charge in [0.2, 0.25) is 0 Å². The Bertz CT molecular complexity index is 855. The van der Waals surface area contributed by atoms with Crippen LogP contribution in [0.25, 0.3) is 10.2 Å². The SMILES string of the molecule is Cc1c(C(=O)NCCC(C)C)sc2ncnc(NCc3ccco3)c12. The molecule has 0 saturated heterocycles. The molecule has 0 saturated carbocycles. The molecule has 0 aliphatic heterocycles. The van der Waals surface area contributed by atoms with Crippen molar-refractivity contribution in [2.24, 2.45) is 5.92 Å². The van der Waals surface area contributed by atoms with Gasteiger partial charge in [-0.15, -0.1) is 11.3 Å². The molecule has 0 aliphatic rings. The van der Waals surface area contributed by atoms with Gasteiger partial charge in [-0.3, -0.25) is 4.79 Å². The maximum absolute atomic E-state index is 12.5. The minimum atomic E-state index is -0.0434. The van der Waals surface area contributed by atoms with Crippen molar-refractivity contribution in [2.75, 3.05) is 11.9 Å². The monoisotopic (exact) mass is 358 g/mol. The van der Waals surface area contributed by atoms with Gasteiger partial charge in [0.05, 0.1) is 23.1 Å². The number of nitrogens with zero attached hydrogens (tertiary/aromatic N) is 2. The lowest BCUT2D eigenvalue weighted by Gasteiger charge is -2.07. The molecule has 3 heterocycles. The van der Waals surface area contributed by atoms with E-state index in [2.05, 4.69) is 34.4 Å². The number of rotatable bonds is 7. The number of carbonyl (C=O) groups excluding carboxylic acids is 1. The summed E-state index contributed by atoms with van der Waals surface area (Å²) >= 11 is 1.40. The largest absolute Gasteiger partial charge is 0.467 e. The smallest absolute Gasteiger partial charge is 0.261 e. The standard InChI is InChI=1S/C18H22N4O2S/c1-11(2)6-7-19-17(23)15-12(3)14-16(21-10-22-18(14)25-15)20-9-13-5-4-8-24-13/h4-5,8,10-11H,6-7,9H2,1-3H3,(H,19,23)(H,20,21,22). The summed E-state index contributed by atoms with van der Waals surface area (Å²) < 4.78 is 5.34. The van der Waals surface area contributed by atoms with Gasteiger partial charge in [-0.25, -0.2) is 9.97 Å². The van der Waals surface area contributed by atoms with Crippen molar-refractivity contribution in [2.45, 2.75) is 33.7 Å². The summed E-state index contributed by atoms with van der Waals surface area (Å²) in [7, 11) is 0. The number of anilines is 1. The van der Waals surface area contributed by atoms with Crippen molar-refractivity contribution < 1.29 is 9.21 Å². The average Bonchev–Trinajstić information content (AvgIpc) is 3.21. The molecular formula is C18H22N4O2S. The number of thiophene rings is 1. The molecule has 0 radical (unpaired) electrons. The summed E-state index contributed by atoms with van der Waals surface area (Å²) in [6, 6.07) is 3.75. The molecule has 6 nitrogen and oxygen atoms in total. The number of furan rings is 1. The molecule has 3 aromatic rings.